The first-order chi connectivity index (χ1) is 16.1. The lowest BCUT2D eigenvalue weighted by Crippen LogP contribution is -2.24. The van der Waals surface area contributed by atoms with E-state index >= 15 is 0 Å². The summed E-state index contributed by atoms with van der Waals surface area (Å²) in [5.74, 6) is -0.990. The first kappa shape index (κ1) is 22.0. The maximum absolute atomic E-state index is 12.5. The van der Waals surface area contributed by atoms with Crippen LogP contribution in [0.5, 0.6) is 0 Å². The Morgan fingerprint density at radius 2 is 1.64 bits per heavy atom. The van der Waals surface area contributed by atoms with Crippen molar-refractivity contribution in [1.29, 1.82) is 0 Å². The molecule has 7 nitrogen and oxygen atoms in total. The number of rotatable bonds is 8. The Bertz CT molecular complexity index is 1330. The first-order valence-corrected chi connectivity index (χ1v) is 10.6. The van der Waals surface area contributed by atoms with Gasteiger partial charge in [0.05, 0.1) is 23.7 Å². The molecule has 166 valence electrons. The topological polar surface area (TPSA) is 90.3 Å². The van der Waals surface area contributed by atoms with Crippen molar-refractivity contribution in [2.75, 3.05) is 11.9 Å². The van der Waals surface area contributed by atoms with Gasteiger partial charge in [0.1, 0.15) is 0 Å². The van der Waals surface area contributed by atoms with Crippen LogP contribution < -0.4 is 10.9 Å². The molecule has 1 amide bonds. The standard InChI is InChI=1S/C26H23N3O4/c30-24(28-22-12-6-4-10-20(22)16-19-8-2-1-3-9-19)17-33-25(31)14-15-29-18-27-23-13-7-5-11-21(23)26(29)32/h1-13,18H,14-17H2,(H,28,30). The number of carbonyl (C=O) groups excluding carboxylic acids is 2. The lowest BCUT2D eigenvalue weighted by Gasteiger charge is -2.12. The van der Waals surface area contributed by atoms with E-state index < -0.39 is 18.5 Å². The van der Waals surface area contributed by atoms with E-state index in [9.17, 15) is 14.4 Å². The van der Waals surface area contributed by atoms with Gasteiger partial charge >= 0.3 is 5.97 Å². The van der Waals surface area contributed by atoms with E-state index in [4.69, 9.17) is 4.74 Å². The number of fused-ring (bicyclic) bond motifs is 1. The van der Waals surface area contributed by atoms with Crippen LogP contribution in [0.1, 0.15) is 17.5 Å². The quantitative estimate of drug-likeness (QED) is 0.422. The molecule has 4 aromatic rings. The number of carbonyl (C=O) groups is 2. The summed E-state index contributed by atoms with van der Waals surface area (Å²) < 4.78 is 6.46. The highest BCUT2D eigenvalue weighted by Crippen LogP contribution is 2.19. The maximum Gasteiger partial charge on any atom is 0.308 e. The van der Waals surface area contributed by atoms with Gasteiger partial charge in [0.25, 0.3) is 11.5 Å². The van der Waals surface area contributed by atoms with Gasteiger partial charge in [-0.25, -0.2) is 4.98 Å². The van der Waals surface area contributed by atoms with E-state index in [1.165, 1.54) is 10.9 Å². The van der Waals surface area contributed by atoms with Crippen molar-refractivity contribution in [3.05, 3.63) is 107 Å². The van der Waals surface area contributed by atoms with Crippen molar-refractivity contribution in [3.63, 3.8) is 0 Å². The van der Waals surface area contributed by atoms with E-state index in [1.807, 2.05) is 60.7 Å². The smallest absolute Gasteiger partial charge is 0.308 e. The van der Waals surface area contributed by atoms with Gasteiger partial charge in [-0.2, -0.15) is 0 Å². The summed E-state index contributed by atoms with van der Waals surface area (Å²) in [4.78, 5) is 41.2. The Balaban J connectivity index is 1.29. The zero-order chi connectivity index (χ0) is 23.0. The molecule has 0 fully saturated rings. The summed E-state index contributed by atoms with van der Waals surface area (Å²) in [5, 5.41) is 3.30. The molecule has 3 aromatic carbocycles. The van der Waals surface area contributed by atoms with E-state index in [0.717, 1.165) is 11.1 Å². The number of benzene rings is 3. The van der Waals surface area contributed by atoms with E-state index in [0.29, 0.717) is 23.0 Å². The lowest BCUT2D eigenvalue weighted by molar-refractivity contribution is -0.147. The maximum atomic E-state index is 12.5. The van der Waals surface area contributed by atoms with Gasteiger partial charge < -0.3 is 10.1 Å². The van der Waals surface area contributed by atoms with Crippen LogP contribution in [-0.4, -0.2) is 28.0 Å². The average molecular weight is 441 g/mol. The minimum absolute atomic E-state index is 0.0438. The molecule has 0 spiro atoms. The molecule has 4 rings (SSSR count). The van der Waals surface area contributed by atoms with Crippen LogP contribution >= 0.6 is 0 Å². The van der Waals surface area contributed by atoms with Crippen LogP contribution in [-0.2, 0) is 27.3 Å². The Kier molecular flexibility index (Phi) is 6.90. The Morgan fingerprint density at radius 1 is 0.909 bits per heavy atom. The second-order valence-corrected chi connectivity index (χ2v) is 7.54. The van der Waals surface area contributed by atoms with Crippen LogP contribution in [0.2, 0.25) is 0 Å². The second kappa shape index (κ2) is 10.4. The van der Waals surface area contributed by atoms with Crippen molar-refractivity contribution >= 4 is 28.5 Å². The Labute approximate surface area is 190 Å². The highest BCUT2D eigenvalue weighted by molar-refractivity contribution is 5.93. The molecule has 0 unspecified atom stereocenters. The number of anilines is 1. The average Bonchev–Trinajstić information content (AvgIpc) is 2.84. The molecule has 0 radical (unpaired) electrons. The van der Waals surface area contributed by atoms with Gasteiger partial charge in [-0.15, -0.1) is 0 Å². The van der Waals surface area contributed by atoms with Gasteiger partial charge in [0, 0.05) is 12.2 Å². The number of hydrogen-bond donors (Lipinski definition) is 1. The van der Waals surface area contributed by atoms with E-state index in [-0.39, 0.29) is 18.5 Å². The number of hydrogen-bond acceptors (Lipinski definition) is 5. The molecule has 1 heterocycles. The predicted octanol–water partition coefficient (Wildman–Crippen LogP) is 3.56. The van der Waals surface area contributed by atoms with E-state index in [2.05, 4.69) is 10.3 Å². The number of amides is 1. The van der Waals surface area contributed by atoms with E-state index in [1.54, 1.807) is 18.2 Å². The lowest BCUT2D eigenvalue weighted by atomic mass is 10.0. The number of aryl methyl sites for hydroxylation is 1. The summed E-state index contributed by atoms with van der Waals surface area (Å²) in [7, 11) is 0. The number of para-hydroxylation sites is 2. The minimum Gasteiger partial charge on any atom is -0.456 e. The third kappa shape index (κ3) is 5.71. The van der Waals surface area contributed by atoms with Crippen molar-refractivity contribution in [2.24, 2.45) is 0 Å². The molecule has 0 aliphatic rings. The van der Waals surface area contributed by atoms with Gasteiger partial charge in [0.15, 0.2) is 6.61 Å². The van der Waals surface area contributed by atoms with Gasteiger partial charge in [-0.05, 0) is 35.7 Å². The van der Waals surface area contributed by atoms with Crippen LogP contribution in [0.25, 0.3) is 10.9 Å². The van der Waals surface area contributed by atoms with Gasteiger partial charge in [-0.3, -0.25) is 19.0 Å². The van der Waals surface area contributed by atoms with Crippen molar-refractivity contribution in [2.45, 2.75) is 19.4 Å². The minimum atomic E-state index is -0.567. The number of ether oxygens (including phenoxy) is 1. The molecule has 0 bridgehead atoms. The van der Waals surface area contributed by atoms with Crippen molar-refractivity contribution < 1.29 is 14.3 Å². The number of esters is 1. The molecule has 7 heteroatoms. The monoisotopic (exact) mass is 441 g/mol. The number of nitrogens with one attached hydrogen (secondary N) is 1. The zero-order valence-electron chi connectivity index (χ0n) is 17.9. The number of aromatic nitrogens is 2. The molecule has 0 atom stereocenters. The molecule has 1 aromatic heterocycles. The second-order valence-electron chi connectivity index (χ2n) is 7.54. The third-order valence-corrected chi connectivity index (χ3v) is 5.18. The molecular formula is C26H23N3O4. The van der Waals surface area contributed by atoms with Gasteiger partial charge in [-0.1, -0.05) is 60.7 Å². The third-order valence-electron chi connectivity index (χ3n) is 5.18. The fourth-order valence-corrected chi connectivity index (χ4v) is 3.49. The fraction of sp³-hybridized carbons (Fsp3) is 0.154. The van der Waals surface area contributed by atoms with Crippen molar-refractivity contribution in [3.8, 4) is 0 Å². The van der Waals surface area contributed by atoms with Crippen LogP contribution in [0.3, 0.4) is 0 Å². The molecule has 0 saturated carbocycles. The summed E-state index contributed by atoms with van der Waals surface area (Å²) in [6.45, 7) is -0.277. The Hall–Kier alpha value is -4.26. The first-order valence-electron chi connectivity index (χ1n) is 10.6. The summed E-state index contributed by atoms with van der Waals surface area (Å²) >= 11 is 0. The Morgan fingerprint density at radius 3 is 2.48 bits per heavy atom. The predicted molar refractivity (Wildman–Crippen MR) is 126 cm³/mol. The van der Waals surface area contributed by atoms with Crippen LogP contribution in [0, 0.1) is 0 Å². The molecule has 1 N–H and O–H groups in total. The highest BCUT2D eigenvalue weighted by Gasteiger charge is 2.12. The fourth-order valence-electron chi connectivity index (χ4n) is 3.49. The summed E-state index contributed by atoms with van der Waals surface area (Å²) in [6.07, 6.45) is 2.04. The summed E-state index contributed by atoms with van der Waals surface area (Å²) in [5.41, 5.74) is 3.15. The normalized spacial score (nSPS) is 10.7. The van der Waals surface area contributed by atoms with Crippen LogP contribution in [0.15, 0.2) is 90.0 Å². The van der Waals surface area contributed by atoms with Crippen LogP contribution in [0.4, 0.5) is 5.69 Å². The van der Waals surface area contributed by atoms with Crippen molar-refractivity contribution in [1.82, 2.24) is 9.55 Å². The molecule has 33 heavy (non-hydrogen) atoms. The summed E-state index contributed by atoms with van der Waals surface area (Å²) in [6, 6.07) is 24.5. The SMILES string of the molecule is O=C(COC(=O)CCn1cnc2ccccc2c1=O)Nc1ccccc1Cc1ccccc1. The molecular weight excluding hydrogens is 418 g/mol. The number of nitrogens with zero attached hydrogens (tertiary/aromatic N) is 2. The van der Waals surface area contributed by atoms with Gasteiger partial charge in [0.2, 0.25) is 0 Å². The molecule has 0 aliphatic heterocycles. The zero-order valence-corrected chi connectivity index (χ0v) is 17.9. The molecule has 0 aliphatic carbocycles. The highest BCUT2D eigenvalue weighted by atomic mass is 16.5. The molecule has 0 saturated heterocycles. The largest absolute Gasteiger partial charge is 0.456 e.